The number of halogens is 1. The van der Waals surface area contributed by atoms with Crippen LogP contribution < -0.4 is 10.6 Å². The minimum atomic E-state index is 0.303. The van der Waals surface area contributed by atoms with E-state index in [4.69, 9.17) is 11.6 Å². The third-order valence-corrected chi connectivity index (χ3v) is 6.02. The van der Waals surface area contributed by atoms with Gasteiger partial charge in [-0.2, -0.15) is 0 Å². The van der Waals surface area contributed by atoms with Gasteiger partial charge in [0, 0.05) is 17.0 Å². The van der Waals surface area contributed by atoms with Gasteiger partial charge < -0.3 is 10.6 Å². The van der Waals surface area contributed by atoms with Crippen molar-refractivity contribution in [1.29, 1.82) is 0 Å². The lowest BCUT2D eigenvalue weighted by atomic mass is 9.99. The maximum atomic E-state index is 6.18. The highest BCUT2D eigenvalue weighted by Crippen LogP contribution is 2.38. The van der Waals surface area contributed by atoms with Crippen molar-refractivity contribution < 1.29 is 0 Å². The molecule has 0 amide bonds. The van der Waals surface area contributed by atoms with E-state index in [0.29, 0.717) is 17.2 Å². The van der Waals surface area contributed by atoms with Crippen molar-refractivity contribution in [2.24, 2.45) is 0 Å². The van der Waals surface area contributed by atoms with Gasteiger partial charge in [0.1, 0.15) is 10.6 Å². The lowest BCUT2D eigenvalue weighted by molar-refractivity contribution is 0.478. The molecule has 1 saturated heterocycles. The van der Waals surface area contributed by atoms with E-state index in [1.54, 1.807) is 11.3 Å². The third kappa shape index (κ3) is 3.56. The molecule has 4 rings (SSSR count). The highest BCUT2D eigenvalue weighted by molar-refractivity contribution is 7.17. The molecule has 4 nitrogen and oxygen atoms in total. The number of piperidine rings is 1. The summed E-state index contributed by atoms with van der Waals surface area (Å²) in [4.78, 5) is 9.91. The van der Waals surface area contributed by atoms with E-state index in [1.807, 2.05) is 0 Å². The van der Waals surface area contributed by atoms with Crippen LogP contribution in [-0.4, -0.2) is 29.1 Å². The number of anilines is 1. The van der Waals surface area contributed by atoms with Gasteiger partial charge in [0.2, 0.25) is 5.28 Å². The highest BCUT2D eigenvalue weighted by atomic mass is 35.5. The SMILES string of the molecule is CC(C)c1ccc(-c2csc3nc(Cl)nc(NC4CCNCC4)c23)cc1. The van der Waals surface area contributed by atoms with Crippen LogP contribution in [0, 0.1) is 0 Å². The van der Waals surface area contributed by atoms with E-state index in [-0.39, 0.29) is 0 Å². The Kier molecular flexibility index (Phi) is 5.11. The zero-order chi connectivity index (χ0) is 18.1. The first-order valence-electron chi connectivity index (χ1n) is 9.14. The predicted molar refractivity (Wildman–Crippen MR) is 111 cm³/mol. The molecule has 0 spiro atoms. The molecule has 1 aliphatic rings. The molecule has 6 heteroatoms. The minimum absolute atomic E-state index is 0.303. The number of thiophene rings is 1. The van der Waals surface area contributed by atoms with Crippen molar-refractivity contribution in [3.63, 3.8) is 0 Å². The van der Waals surface area contributed by atoms with Gasteiger partial charge in [-0.1, -0.05) is 38.1 Å². The average Bonchev–Trinajstić information content (AvgIpc) is 3.06. The Morgan fingerprint density at radius 1 is 1.15 bits per heavy atom. The molecular weight excluding hydrogens is 364 g/mol. The summed E-state index contributed by atoms with van der Waals surface area (Å²) in [6.07, 6.45) is 2.18. The van der Waals surface area contributed by atoms with Gasteiger partial charge in [0.05, 0.1) is 5.39 Å². The normalized spacial score (nSPS) is 15.7. The summed E-state index contributed by atoms with van der Waals surface area (Å²) in [6, 6.07) is 9.22. The number of nitrogens with one attached hydrogen (secondary N) is 2. The number of hydrogen-bond donors (Lipinski definition) is 2. The van der Waals surface area contributed by atoms with E-state index in [9.17, 15) is 0 Å². The predicted octanol–water partition coefficient (Wildman–Crippen LogP) is 5.30. The molecule has 3 heterocycles. The summed E-state index contributed by atoms with van der Waals surface area (Å²) < 4.78 is 0. The Balaban J connectivity index is 1.75. The smallest absolute Gasteiger partial charge is 0.225 e. The van der Waals surface area contributed by atoms with Crippen LogP contribution in [0.3, 0.4) is 0 Å². The third-order valence-electron chi connectivity index (χ3n) is 4.97. The van der Waals surface area contributed by atoms with Gasteiger partial charge in [-0.05, 0) is 54.6 Å². The van der Waals surface area contributed by atoms with Gasteiger partial charge in [-0.15, -0.1) is 11.3 Å². The van der Waals surface area contributed by atoms with Crippen molar-refractivity contribution in [3.05, 3.63) is 40.5 Å². The summed E-state index contributed by atoms with van der Waals surface area (Å²) in [5.41, 5.74) is 3.72. The van der Waals surface area contributed by atoms with Crippen LogP contribution in [0.25, 0.3) is 21.3 Å². The summed E-state index contributed by atoms with van der Waals surface area (Å²) in [5, 5.41) is 10.6. The topological polar surface area (TPSA) is 49.8 Å². The van der Waals surface area contributed by atoms with Crippen LogP contribution in [0.2, 0.25) is 5.28 Å². The molecule has 1 fully saturated rings. The summed E-state index contributed by atoms with van der Waals surface area (Å²) in [6.45, 7) is 6.50. The summed E-state index contributed by atoms with van der Waals surface area (Å²) >= 11 is 7.81. The zero-order valence-corrected chi connectivity index (χ0v) is 16.6. The van der Waals surface area contributed by atoms with Crippen molar-refractivity contribution in [1.82, 2.24) is 15.3 Å². The van der Waals surface area contributed by atoms with Gasteiger partial charge in [-0.3, -0.25) is 0 Å². The van der Waals surface area contributed by atoms with Crippen molar-refractivity contribution in [2.75, 3.05) is 18.4 Å². The fraction of sp³-hybridized carbons (Fsp3) is 0.400. The monoisotopic (exact) mass is 386 g/mol. The van der Waals surface area contributed by atoms with E-state index in [1.165, 1.54) is 16.7 Å². The van der Waals surface area contributed by atoms with E-state index in [2.05, 4.69) is 64.1 Å². The van der Waals surface area contributed by atoms with Gasteiger partial charge in [0.15, 0.2) is 0 Å². The second-order valence-electron chi connectivity index (χ2n) is 7.12. The number of rotatable bonds is 4. The molecule has 0 atom stereocenters. The Morgan fingerprint density at radius 3 is 2.58 bits per heavy atom. The second kappa shape index (κ2) is 7.51. The molecule has 136 valence electrons. The van der Waals surface area contributed by atoms with Crippen LogP contribution >= 0.6 is 22.9 Å². The van der Waals surface area contributed by atoms with Crippen molar-refractivity contribution >= 4 is 39.0 Å². The number of aromatic nitrogens is 2. The lowest BCUT2D eigenvalue weighted by Crippen LogP contribution is -2.35. The summed E-state index contributed by atoms with van der Waals surface area (Å²) in [7, 11) is 0. The van der Waals surface area contributed by atoms with Crippen LogP contribution in [0.1, 0.15) is 38.2 Å². The van der Waals surface area contributed by atoms with Crippen LogP contribution in [0.5, 0.6) is 0 Å². The van der Waals surface area contributed by atoms with Crippen LogP contribution in [-0.2, 0) is 0 Å². The molecule has 0 saturated carbocycles. The van der Waals surface area contributed by atoms with E-state index in [0.717, 1.165) is 42.0 Å². The fourth-order valence-electron chi connectivity index (χ4n) is 3.44. The quantitative estimate of drug-likeness (QED) is 0.597. The molecule has 26 heavy (non-hydrogen) atoms. The first kappa shape index (κ1) is 17.7. The first-order chi connectivity index (χ1) is 12.6. The maximum absolute atomic E-state index is 6.18. The molecule has 1 aliphatic heterocycles. The van der Waals surface area contributed by atoms with Gasteiger partial charge >= 0.3 is 0 Å². The molecule has 0 bridgehead atoms. The molecule has 0 radical (unpaired) electrons. The van der Waals surface area contributed by atoms with Crippen LogP contribution in [0.15, 0.2) is 29.6 Å². The molecular formula is C20H23ClN4S. The first-order valence-corrected chi connectivity index (χ1v) is 10.4. The largest absolute Gasteiger partial charge is 0.367 e. The summed E-state index contributed by atoms with van der Waals surface area (Å²) in [5.74, 6) is 1.39. The number of fused-ring (bicyclic) bond motifs is 1. The van der Waals surface area contributed by atoms with Gasteiger partial charge in [0.25, 0.3) is 0 Å². The number of nitrogens with zero attached hydrogens (tertiary/aromatic N) is 2. The molecule has 1 aromatic carbocycles. The molecule has 0 aliphatic carbocycles. The fourth-order valence-corrected chi connectivity index (χ4v) is 4.61. The number of benzene rings is 1. The maximum Gasteiger partial charge on any atom is 0.225 e. The molecule has 3 aromatic rings. The standard InChI is InChI=1S/C20H23ClN4S/c1-12(2)13-3-5-14(6-4-13)16-11-26-19-17(16)18(24-20(21)25-19)23-15-7-9-22-10-8-15/h3-6,11-12,15,22H,7-10H2,1-2H3,(H,23,24,25). The van der Waals surface area contributed by atoms with E-state index >= 15 is 0 Å². The molecule has 0 unspecified atom stereocenters. The lowest BCUT2D eigenvalue weighted by Gasteiger charge is -2.24. The Bertz CT molecular complexity index is 898. The van der Waals surface area contributed by atoms with Crippen molar-refractivity contribution in [2.45, 2.75) is 38.6 Å². The highest BCUT2D eigenvalue weighted by Gasteiger charge is 2.19. The molecule has 2 aromatic heterocycles. The van der Waals surface area contributed by atoms with Crippen LogP contribution in [0.4, 0.5) is 5.82 Å². The molecule has 2 N–H and O–H groups in total. The number of hydrogen-bond acceptors (Lipinski definition) is 5. The average molecular weight is 387 g/mol. The Hall–Kier alpha value is -1.69. The van der Waals surface area contributed by atoms with Crippen molar-refractivity contribution in [3.8, 4) is 11.1 Å². The second-order valence-corrected chi connectivity index (χ2v) is 8.31. The zero-order valence-electron chi connectivity index (χ0n) is 15.1. The van der Waals surface area contributed by atoms with E-state index < -0.39 is 0 Å². The van der Waals surface area contributed by atoms with Gasteiger partial charge in [-0.25, -0.2) is 9.97 Å². The Labute approximate surface area is 163 Å². The Morgan fingerprint density at radius 2 is 1.88 bits per heavy atom. The minimum Gasteiger partial charge on any atom is -0.367 e.